The Morgan fingerprint density at radius 2 is 1.82 bits per heavy atom. The largest absolute Gasteiger partial charge is 0.491 e. The van der Waals surface area contributed by atoms with E-state index in [1.165, 1.54) is 11.3 Å². The maximum Gasteiger partial charge on any atom is 0.416 e. The van der Waals surface area contributed by atoms with Gasteiger partial charge < -0.3 is 20.5 Å². The van der Waals surface area contributed by atoms with Gasteiger partial charge in [-0.15, -0.1) is 11.3 Å². The molecule has 1 heterocycles. The lowest BCUT2D eigenvalue weighted by Crippen LogP contribution is -2.41. The number of alkyl halides is 3. The minimum atomic E-state index is -4.43. The van der Waals surface area contributed by atoms with Crippen molar-refractivity contribution in [3.63, 3.8) is 0 Å². The van der Waals surface area contributed by atoms with Gasteiger partial charge in [0.2, 0.25) is 5.91 Å². The second kappa shape index (κ2) is 9.89. The summed E-state index contributed by atoms with van der Waals surface area (Å²) in [6.07, 6.45) is -5.51. The number of carbonyl (C=O) groups is 2. The van der Waals surface area contributed by atoms with Crippen LogP contribution in [-0.2, 0) is 11.0 Å². The molecule has 0 aliphatic heterocycles. The molecular weight excluding hydrogens is 465 g/mol. The number of hydrogen-bond donors (Lipinski definition) is 3. The Bertz CT molecular complexity index is 811. The Labute approximate surface area is 170 Å². The van der Waals surface area contributed by atoms with Gasteiger partial charge in [0.05, 0.1) is 20.8 Å². The molecule has 0 bridgehead atoms. The molecule has 1 atom stereocenters. The predicted molar refractivity (Wildman–Crippen MR) is 100 cm³/mol. The number of rotatable bonds is 8. The average molecular weight is 481 g/mol. The van der Waals surface area contributed by atoms with Gasteiger partial charge in [0.25, 0.3) is 5.91 Å². The maximum atomic E-state index is 12.5. The highest BCUT2D eigenvalue weighted by molar-refractivity contribution is 9.11. The topological polar surface area (TPSA) is 87.7 Å². The Morgan fingerprint density at radius 3 is 2.39 bits per heavy atom. The third kappa shape index (κ3) is 7.13. The SMILES string of the molecule is O=C(CNC(=O)c1ccc(Br)s1)NCC(O)COc1ccc(C(F)(F)F)cc1. The first kappa shape index (κ1) is 22.2. The standard InChI is InChI=1S/C17H16BrF3N2O4S/c18-14-6-5-13(28-14)16(26)23-8-15(25)22-7-11(24)9-27-12-3-1-10(2-4-12)17(19,20)21/h1-6,11,24H,7-9H2,(H,22,25)(H,23,26). The minimum absolute atomic E-state index is 0.139. The summed E-state index contributed by atoms with van der Waals surface area (Å²) in [7, 11) is 0. The van der Waals surface area contributed by atoms with Crippen molar-refractivity contribution in [3.05, 3.63) is 50.6 Å². The summed E-state index contributed by atoms with van der Waals surface area (Å²) < 4.78 is 43.4. The fourth-order valence-electron chi connectivity index (χ4n) is 1.97. The summed E-state index contributed by atoms with van der Waals surface area (Å²) >= 11 is 4.46. The van der Waals surface area contributed by atoms with Crippen LogP contribution in [0.3, 0.4) is 0 Å². The predicted octanol–water partition coefficient (Wildman–Crippen LogP) is 2.82. The monoisotopic (exact) mass is 480 g/mol. The average Bonchev–Trinajstić information content (AvgIpc) is 3.08. The highest BCUT2D eigenvalue weighted by Crippen LogP contribution is 2.30. The lowest BCUT2D eigenvalue weighted by molar-refractivity contribution is -0.137. The van der Waals surface area contributed by atoms with Gasteiger partial charge >= 0.3 is 6.18 Å². The summed E-state index contributed by atoms with van der Waals surface area (Å²) in [6, 6.07) is 7.37. The molecule has 0 aliphatic carbocycles. The Balaban J connectivity index is 1.66. The summed E-state index contributed by atoms with van der Waals surface area (Å²) in [5, 5.41) is 14.7. The van der Waals surface area contributed by atoms with E-state index in [1.807, 2.05) is 0 Å². The first-order valence-corrected chi connectivity index (χ1v) is 9.54. The zero-order chi connectivity index (χ0) is 20.7. The third-order valence-electron chi connectivity index (χ3n) is 3.37. The summed E-state index contributed by atoms with van der Waals surface area (Å²) in [5.41, 5.74) is -0.801. The molecule has 0 saturated carbocycles. The van der Waals surface area contributed by atoms with Gasteiger partial charge in [-0.3, -0.25) is 9.59 Å². The molecule has 1 aromatic carbocycles. The van der Waals surface area contributed by atoms with E-state index in [2.05, 4.69) is 26.6 Å². The zero-order valence-corrected chi connectivity index (χ0v) is 16.7. The van der Waals surface area contributed by atoms with Gasteiger partial charge in [-0.1, -0.05) is 0 Å². The molecule has 2 rings (SSSR count). The molecule has 152 valence electrons. The molecule has 0 aliphatic rings. The molecule has 3 N–H and O–H groups in total. The molecule has 2 amide bonds. The van der Waals surface area contributed by atoms with Crippen LogP contribution in [0.15, 0.2) is 40.2 Å². The van der Waals surface area contributed by atoms with E-state index in [4.69, 9.17) is 4.74 Å². The van der Waals surface area contributed by atoms with Crippen LogP contribution in [0.4, 0.5) is 13.2 Å². The van der Waals surface area contributed by atoms with E-state index >= 15 is 0 Å². The van der Waals surface area contributed by atoms with Crippen molar-refractivity contribution in [2.45, 2.75) is 12.3 Å². The van der Waals surface area contributed by atoms with E-state index < -0.39 is 29.7 Å². The van der Waals surface area contributed by atoms with E-state index in [1.54, 1.807) is 12.1 Å². The van der Waals surface area contributed by atoms with Crippen molar-refractivity contribution in [1.29, 1.82) is 0 Å². The fraction of sp³-hybridized carbons (Fsp3) is 0.294. The van der Waals surface area contributed by atoms with Crippen LogP contribution in [0, 0.1) is 0 Å². The van der Waals surface area contributed by atoms with Crippen LogP contribution < -0.4 is 15.4 Å². The van der Waals surface area contributed by atoms with Crippen LogP contribution in [0.1, 0.15) is 15.2 Å². The van der Waals surface area contributed by atoms with Crippen molar-refractivity contribution in [2.24, 2.45) is 0 Å². The van der Waals surface area contributed by atoms with Gasteiger partial charge in [-0.25, -0.2) is 0 Å². The second-order valence-corrected chi connectivity index (χ2v) is 8.04. The number of thiophene rings is 1. The summed E-state index contributed by atoms with van der Waals surface area (Å²) in [6.45, 7) is -0.623. The number of halogens is 4. The smallest absolute Gasteiger partial charge is 0.416 e. The fourth-order valence-corrected chi connectivity index (χ4v) is 3.27. The van der Waals surface area contributed by atoms with Crippen LogP contribution in [0.2, 0.25) is 0 Å². The highest BCUT2D eigenvalue weighted by atomic mass is 79.9. The molecule has 0 spiro atoms. The van der Waals surface area contributed by atoms with Crippen LogP contribution >= 0.6 is 27.3 Å². The normalized spacial score (nSPS) is 12.3. The number of aliphatic hydroxyl groups is 1. The molecule has 1 unspecified atom stereocenters. The third-order valence-corrected chi connectivity index (χ3v) is 4.99. The second-order valence-electron chi connectivity index (χ2n) is 5.58. The van der Waals surface area contributed by atoms with E-state index in [0.29, 0.717) is 4.88 Å². The molecule has 28 heavy (non-hydrogen) atoms. The van der Waals surface area contributed by atoms with Crippen LogP contribution in [-0.4, -0.2) is 42.7 Å². The van der Waals surface area contributed by atoms with E-state index in [0.717, 1.165) is 28.1 Å². The number of aliphatic hydroxyl groups excluding tert-OH is 1. The molecule has 0 saturated heterocycles. The van der Waals surface area contributed by atoms with E-state index in [-0.39, 0.29) is 25.4 Å². The Kier molecular flexibility index (Phi) is 7.84. The van der Waals surface area contributed by atoms with E-state index in [9.17, 15) is 27.9 Å². The quantitative estimate of drug-likeness (QED) is 0.542. The number of nitrogens with one attached hydrogen (secondary N) is 2. The van der Waals surface area contributed by atoms with Gasteiger partial charge in [-0.2, -0.15) is 13.2 Å². The zero-order valence-electron chi connectivity index (χ0n) is 14.3. The number of ether oxygens (including phenoxy) is 1. The maximum absolute atomic E-state index is 12.5. The van der Waals surface area contributed by atoms with Gasteiger partial charge in [-0.05, 0) is 52.3 Å². The molecule has 0 fully saturated rings. The molecule has 11 heteroatoms. The number of hydrogen-bond acceptors (Lipinski definition) is 5. The first-order valence-electron chi connectivity index (χ1n) is 7.93. The Morgan fingerprint density at radius 1 is 1.14 bits per heavy atom. The molecule has 0 radical (unpaired) electrons. The number of amides is 2. The Hall–Kier alpha value is -2.11. The highest BCUT2D eigenvalue weighted by Gasteiger charge is 2.30. The lowest BCUT2D eigenvalue weighted by Gasteiger charge is -2.14. The minimum Gasteiger partial charge on any atom is -0.491 e. The van der Waals surface area contributed by atoms with Crippen molar-refractivity contribution in [2.75, 3.05) is 19.7 Å². The molecule has 2 aromatic rings. The van der Waals surface area contributed by atoms with Gasteiger partial charge in [0.1, 0.15) is 18.5 Å². The van der Waals surface area contributed by atoms with Gasteiger partial charge in [0.15, 0.2) is 0 Å². The van der Waals surface area contributed by atoms with Crippen molar-refractivity contribution < 1.29 is 32.6 Å². The summed E-state index contributed by atoms with van der Waals surface area (Å²) in [5.74, 6) is -0.734. The first-order chi connectivity index (χ1) is 13.1. The van der Waals surface area contributed by atoms with Crippen LogP contribution in [0.5, 0.6) is 5.75 Å². The van der Waals surface area contributed by atoms with Crippen molar-refractivity contribution in [1.82, 2.24) is 10.6 Å². The van der Waals surface area contributed by atoms with Crippen molar-refractivity contribution >= 4 is 39.1 Å². The van der Waals surface area contributed by atoms with Crippen molar-refractivity contribution in [3.8, 4) is 5.75 Å². The molecule has 6 nitrogen and oxygen atoms in total. The van der Waals surface area contributed by atoms with Gasteiger partial charge in [0, 0.05) is 6.54 Å². The lowest BCUT2D eigenvalue weighted by atomic mass is 10.2. The summed E-state index contributed by atoms with van der Waals surface area (Å²) in [4.78, 5) is 24.0. The van der Waals surface area contributed by atoms with Crippen LogP contribution in [0.25, 0.3) is 0 Å². The molecule has 1 aromatic heterocycles. The number of carbonyl (C=O) groups excluding carboxylic acids is 2. The number of benzene rings is 1. The molecular formula is C17H16BrF3N2O4S.